The normalized spacial score (nSPS) is 18.9. The molecule has 5 heteroatoms. The van der Waals surface area contributed by atoms with Crippen LogP contribution in [0, 0.1) is 11.7 Å². The molecule has 2 aromatic rings. The summed E-state index contributed by atoms with van der Waals surface area (Å²) >= 11 is 0. The van der Waals surface area contributed by atoms with E-state index in [1.54, 1.807) is 48.3 Å². The fourth-order valence-electron chi connectivity index (χ4n) is 3.05. The predicted molar refractivity (Wildman–Crippen MR) is 88.7 cm³/mol. The summed E-state index contributed by atoms with van der Waals surface area (Å²) in [6.45, 7) is 0.389. The van der Waals surface area contributed by atoms with Crippen molar-refractivity contribution in [3.63, 3.8) is 0 Å². The largest absolute Gasteiger partial charge is 0.366 e. The number of benzene rings is 2. The van der Waals surface area contributed by atoms with Gasteiger partial charge in [0.2, 0.25) is 11.8 Å². The molecule has 0 radical (unpaired) electrons. The highest BCUT2D eigenvalue weighted by atomic mass is 19.1. The molecule has 4 nitrogen and oxygen atoms in total. The fraction of sp³-hybridized carbons (Fsp3) is 0.263. The van der Waals surface area contributed by atoms with Gasteiger partial charge in [0.05, 0.1) is 0 Å². The lowest BCUT2D eigenvalue weighted by Crippen LogP contribution is -2.28. The lowest BCUT2D eigenvalue weighted by Gasteiger charge is -2.18. The third-order valence-electron chi connectivity index (χ3n) is 4.42. The quantitative estimate of drug-likeness (QED) is 0.918. The van der Waals surface area contributed by atoms with Crippen molar-refractivity contribution in [3.05, 3.63) is 71.0 Å². The summed E-state index contributed by atoms with van der Waals surface area (Å²) in [7, 11) is 1.72. The zero-order valence-corrected chi connectivity index (χ0v) is 13.4. The monoisotopic (exact) mass is 326 g/mol. The Morgan fingerprint density at radius 2 is 1.96 bits per heavy atom. The zero-order chi connectivity index (χ0) is 17.3. The molecule has 24 heavy (non-hydrogen) atoms. The molecule has 0 spiro atoms. The molecule has 2 amide bonds. The van der Waals surface area contributed by atoms with Crippen molar-refractivity contribution in [3.8, 4) is 0 Å². The molecule has 2 atom stereocenters. The van der Waals surface area contributed by atoms with Gasteiger partial charge >= 0.3 is 0 Å². The Kier molecular flexibility index (Phi) is 4.34. The van der Waals surface area contributed by atoms with Gasteiger partial charge in [-0.3, -0.25) is 9.59 Å². The summed E-state index contributed by atoms with van der Waals surface area (Å²) in [5.74, 6) is -0.973. The SMILES string of the molecule is CN(Cc1cccc(C(N)=O)c1)C(=O)[C@H]1C[C@H]1c1ccccc1F. The number of primary amides is 1. The first-order valence-electron chi connectivity index (χ1n) is 7.85. The highest BCUT2D eigenvalue weighted by Gasteiger charge is 2.46. The first-order chi connectivity index (χ1) is 11.5. The van der Waals surface area contributed by atoms with Crippen LogP contribution in [0.25, 0.3) is 0 Å². The van der Waals surface area contributed by atoms with Gasteiger partial charge in [-0.25, -0.2) is 4.39 Å². The number of halogens is 1. The van der Waals surface area contributed by atoms with E-state index in [0.29, 0.717) is 24.1 Å². The molecule has 1 fully saturated rings. The summed E-state index contributed by atoms with van der Waals surface area (Å²) in [6, 6.07) is 13.5. The van der Waals surface area contributed by atoms with Crippen LogP contribution in [0.15, 0.2) is 48.5 Å². The summed E-state index contributed by atoms with van der Waals surface area (Å²) < 4.78 is 13.8. The fourth-order valence-corrected chi connectivity index (χ4v) is 3.05. The molecule has 1 aliphatic rings. The van der Waals surface area contributed by atoms with Gasteiger partial charge in [0.15, 0.2) is 0 Å². The summed E-state index contributed by atoms with van der Waals surface area (Å²) in [6.07, 6.45) is 0.672. The number of nitrogens with zero attached hydrogens (tertiary/aromatic N) is 1. The predicted octanol–water partition coefficient (Wildman–Crippen LogP) is 2.69. The molecule has 0 aliphatic heterocycles. The van der Waals surface area contributed by atoms with E-state index < -0.39 is 5.91 Å². The number of amides is 2. The first-order valence-corrected chi connectivity index (χ1v) is 7.85. The van der Waals surface area contributed by atoms with Crippen molar-refractivity contribution in [2.24, 2.45) is 11.7 Å². The van der Waals surface area contributed by atoms with E-state index in [-0.39, 0.29) is 23.6 Å². The van der Waals surface area contributed by atoms with Crippen molar-refractivity contribution in [1.29, 1.82) is 0 Å². The molecular formula is C19H19FN2O2. The Balaban J connectivity index is 1.65. The molecule has 1 aliphatic carbocycles. The molecule has 2 aromatic carbocycles. The van der Waals surface area contributed by atoms with E-state index in [1.807, 2.05) is 6.07 Å². The number of nitrogens with two attached hydrogens (primary N) is 1. The van der Waals surface area contributed by atoms with Gasteiger partial charge in [0.1, 0.15) is 5.82 Å². The molecule has 0 bridgehead atoms. The van der Waals surface area contributed by atoms with Crippen LogP contribution in [-0.2, 0) is 11.3 Å². The van der Waals surface area contributed by atoms with Crippen LogP contribution in [0.3, 0.4) is 0 Å². The van der Waals surface area contributed by atoms with Crippen molar-refractivity contribution in [2.75, 3.05) is 7.05 Å². The zero-order valence-electron chi connectivity index (χ0n) is 13.4. The van der Waals surface area contributed by atoms with Gasteiger partial charge in [0.25, 0.3) is 0 Å². The summed E-state index contributed by atoms with van der Waals surface area (Å²) in [4.78, 5) is 25.4. The van der Waals surface area contributed by atoms with Gasteiger partial charge in [-0.05, 0) is 41.7 Å². The van der Waals surface area contributed by atoms with Crippen LogP contribution in [0.1, 0.15) is 33.8 Å². The molecule has 3 rings (SSSR count). The average Bonchev–Trinajstić information content (AvgIpc) is 3.35. The van der Waals surface area contributed by atoms with Crippen LogP contribution in [0.5, 0.6) is 0 Å². The second kappa shape index (κ2) is 6.43. The van der Waals surface area contributed by atoms with Crippen molar-refractivity contribution >= 4 is 11.8 Å². The van der Waals surface area contributed by atoms with Crippen LogP contribution in [0.2, 0.25) is 0 Å². The van der Waals surface area contributed by atoms with E-state index in [2.05, 4.69) is 0 Å². The molecule has 0 heterocycles. The van der Waals surface area contributed by atoms with Crippen LogP contribution >= 0.6 is 0 Å². The maximum atomic E-state index is 13.8. The number of carbonyl (C=O) groups excluding carboxylic acids is 2. The van der Waals surface area contributed by atoms with Gasteiger partial charge < -0.3 is 10.6 Å². The number of carbonyl (C=O) groups is 2. The van der Waals surface area contributed by atoms with Gasteiger partial charge in [-0.2, -0.15) is 0 Å². The maximum Gasteiger partial charge on any atom is 0.248 e. The Morgan fingerprint density at radius 1 is 1.21 bits per heavy atom. The van der Waals surface area contributed by atoms with Gasteiger partial charge in [-0.15, -0.1) is 0 Å². The Labute approximate surface area is 140 Å². The molecule has 0 saturated heterocycles. The van der Waals surface area contributed by atoms with Gasteiger partial charge in [0, 0.05) is 25.1 Å². The molecular weight excluding hydrogens is 307 g/mol. The topological polar surface area (TPSA) is 63.4 Å². The van der Waals surface area contributed by atoms with Crippen LogP contribution < -0.4 is 5.73 Å². The average molecular weight is 326 g/mol. The Bertz CT molecular complexity index is 790. The number of rotatable bonds is 5. The number of hydrogen-bond donors (Lipinski definition) is 1. The smallest absolute Gasteiger partial charge is 0.248 e. The minimum Gasteiger partial charge on any atom is -0.366 e. The molecule has 0 unspecified atom stereocenters. The summed E-state index contributed by atoms with van der Waals surface area (Å²) in [5, 5.41) is 0. The maximum absolute atomic E-state index is 13.8. The molecule has 124 valence electrons. The Hall–Kier alpha value is -2.69. The molecule has 2 N–H and O–H groups in total. The van der Waals surface area contributed by atoms with E-state index >= 15 is 0 Å². The van der Waals surface area contributed by atoms with Crippen molar-refractivity contribution < 1.29 is 14.0 Å². The third kappa shape index (κ3) is 3.30. The molecule has 1 saturated carbocycles. The van der Waals surface area contributed by atoms with E-state index in [4.69, 9.17) is 5.73 Å². The van der Waals surface area contributed by atoms with E-state index in [9.17, 15) is 14.0 Å². The minimum atomic E-state index is -0.493. The first kappa shape index (κ1) is 16.2. The minimum absolute atomic E-state index is 0.00673. The Morgan fingerprint density at radius 3 is 2.67 bits per heavy atom. The third-order valence-corrected chi connectivity index (χ3v) is 4.42. The second-order valence-electron chi connectivity index (χ2n) is 6.23. The van der Waals surface area contributed by atoms with Gasteiger partial charge in [-0.1, -0.05) is 30.3 Å². The highest BCUT2D eigenvalue weighted by Crippen LogP contribution is 2.49. The number of hydrogen-bond acceptors (Lipinski definition) is 2. The highest BCUT2D eigenvalue weighted by molar-refractivity contribution is 5.92. The van der Waals surface area contributed by atoms with E-state index in [0.717, 1.165) is 5.56 Å². The summed E-state index contributed by atoms with van der Waals surface area (Å²) in [5.41, 5.74) is 7.14. The lowest BCUT2D eigenvalue weighted by atomic mass is 10.1. The second-order valence-corrected chi connectivity index (χ2v) is 6.23. The molecule has 0 aromatic heterocycles. The van der Waals surface area contributed by atoms with Crippen LogP contribution in [-0.4, -0.2) is 23.8 Å². The standard InChI is InChI=1S/C19H19FN2O2/c1-22(11-12-5-4-6-13(9-12)18(21)23)19(24)16-10-15(16)14-7-2-3-8-17(14)20/h2-9,15-16H,10-11H2,1H3,(H2,21,23)/t15-,16-/m0/s1. The van der Waals surface area contributed by atoms with Crippen LogP contribution in [0.4, 0.5) is 4.39 Å². The lowest BCUT2D eigenvalue weighted by molar-refractivity contribution is -0.131. The van der Waals surface area contributed by atoms with Crippen molar-refractivity contribution in [2.45, 2.75) is 18.9 Å². The van der Waals surface area contributed by atoms with E-state index in [1.165, 1.54) is 6.07 Å². The van der Waals surface area contributed by atoms with Crippen molar-refractivity contribution in [1.82, 2.24) is 4.90 Å².